The highest BCUT2D eigenvalue weighted by Gasteiger charge is 2.16. The van der Waals surface area contributed by atoms with Gasteiger partial charge in [0.2, 0.25) is 5.91 Å². The molecule has 0 aliphatic heterocycles. The van der Waals surface area contributed by atoms with Gasteiger partial charge in [-0.05, 0) is 26.5 Å². The molecule has 1 aromatic rings. The van der Waals surface area contributed by atoms with E-state index in [9.17, 15) is 9.59 Å². The molecule has 0 aliphatic carbocycles. The highest BCUT2D eigenvalue weighted by atomic mass is 16.5. The van der Waals surface area contributed by atoms with Crippen LogP contribution in [-0.2, 0) is 20.8 Å². The van der Waals surface area contributed by atoms with Crippen LogP contribution in [0.4, 0.5) is 0 Å². The second-order valence-electron chi connectivity index (χ2n) is 5.04. The lowest BCUT2D eigenvalue weighted by Gasteiger charge is -2.14. The molecular formula is C15H24N2O5. The van der Waals surface area contributed by atoms with Crippen LogP contribution in [0.5, 0.6) is 0 Å². The number of nitrogens with zero attached hydrogens (tertiary/aromatic N) is 1. The molecule has 0 spiro atoms. The summed E-state index contributed by atoms with van der Waals surface area (Å²) in [6.45, 7) is 3.60. The van der Waals surface area contributed by atoms with Crippen molar-refractivity contribution in [1.82, 2.24) is 10.2 Å². The monoisotopic (exact) mass is 312 g/mol. The fourth-order valence-corrected chi connectivity index (χ4v) is 2.00. The topological polar surface area (TPSA) is 81.0 Å². The van der Waals surface area contributed by atoms with E-state index < -0.39 is 5.97 Å². The number of methoxy groups -OCH3 is 2. The summed E-state index contributed by atoms with van der Waals surface area (Å²) in [7, 11) is 4.77. The average Bonchev–Trinajstić information content (AvgIpc) is 2.83. The van der Waals surface area contributed by atoms with E-state index in [0.29, 0.717) is 36.8 Å². The molecule has 7 nitrogen and oxygen atoms in total. The lowest BCUT2D eigenvalue weighted by atomic mass is 10.2. The van der Waals surface area contributed by atoms with Crippen molar-refractivity contribution in [2.45, 2.75) is 19.9 Å². The van der Waals surface area contributed by atoms with Crippen LogP contribution in [0.3, 0.4) is 0 Å². The highest BCUT2D eigenvalue weighted by Crippen LogP contribution is 2.16. The van der Waals surface area contributed by atoms with Crippen LogP contribution in [-0.4, -0.2) is 57.7 Å². The van der Waals surface area contributed by atoms with Crippen molar-refractivity contribution in [1.29, 1.82) is 0 Å². The van der Waals surface area contributed by atoms with Gasteiger partial charge in [0, 0.05) is 20.3 Å². The minimum Gasteiger partial charge on any atom is -0.465 e. The highest BCUT2D eigenvalue weighted by molar-refractivity contribution is 5.90. The number of likely N-dealkylation sites (N-methyl/N-ethyl adjacent to an activating group) is 1. The molecular weight excluding hydrogens is 288 g/mol. The molecule has 0 saturated heterocycles. The molecule has 0 radical (unpaired) electrons. The molecule has 1 rings (SSSR count). The van der Waals surface area contributed by atoms with Gasteiger partial charge in [0.05, 0.1) is 20.2 Å². The SMILES string of the molecule is COCCCNC(=O)CN(C)Cc1cc(C(=O)OC)c(C)o1. The van der Waals surface area contributed by atoms with Crippen molar-refractivity contribution in [3.63, 3.8) is 0 Å². The minimum atomic E-state index is -0.425. The number of hydrogen-bond donors (Lipinski definition) is 1. The van der Waals surface area contributed by atoms with Crippen LogP contribution in [0, 0.1) is 6.92 Å². The van der Waals surface area contributed by atoms with E-state index in [1.165, 1.54) is 7.11 Å². The number of carbonyl (C=O) groups excluding carboxylic acids is 2. The van der Waals surface area contributed by atoms with Crippen LogP contribution in [0.1, 0.15) is 28.3 Å². The van der Waals surface area contributed by atoms with Gasteiger partial charge in [-0.3, -0.25) is 9.69 Å². The standard InChI is InChI=1S/C15H24N2O5/c1-11-13(15(19)21-4)8-12(22-11)9-17(2)10-14(18)16-6-5-7-20-3/h8H,5-7,9-10H2,1-4H3,(H,16,18). The van der Waals surface area contributed by atoms with Crippen LogP contribution in [0.15, 0.2) is 10.5 Å². The lowest BCUT2D eigenvalue weighted by molar-refractivity contribution is -0.122. The molecule has 0 bridgehead atoms. The van der Waals surface area contributed by atoms with Crippen LogP contribution in [0.2, 0.25) is 0 Å². The minimum absolute atomic E-state index is 0.0601. The zero-order chi connectivity index (χ0) is 16.5. The Hall–Kier alpha value is -1.86. The Balaban J connectivity index is 2.43. The fourth-order valence-electron chi connectivity index (χ4n) is 2.00. The van der Waals surface area contributed by atoms with Gasteiger partial charge in [-0.25, -0.2) is 4.79 Å². The molecule has 0 aliphatic rings. The second-order valence-corrected chi connectivity index (χ2v) is 5.04. The Morgan fingerprint density at radius 2 is 2.09 bits per heavy atom. The zero-order valence-electron chi connectivity index (χ0n) is 13.6. The quantitative estimate of drug-likeness (QED) is 0.540. The van der Waals surface area contributed by atoms with Gasteiger partial charge in [-0.1, -0.05) is 0 Å². The van der Waals surface area contributed by atoms with E-state index in [4.69, 9.17) is 9.15 Å². The van der Waals surface area contributed by atoms with Gasteiger partial charge in [-0.2, -0.15) is 0 Å². The fraction of sp³-hybridized carbons (Fsp3) is 0.600. The summed E-state index contributed by atoms with van der Waals surface area (Å²) in [5.41, 5.74) is 0.412. The maximum Gasteiger partial charge on any atom is 0.341 e. The Kier molecular flexibility index (Phi) is 7.62. The third-order valence-electron chi connectivity index (χ3n) is 3.06. The Morgan fingerprint density at radius 1 is 1.36 bits per heavy atom. The van der Waals surface area contributed by atoms with Crippen molar-refractivity contribution in [3.8, 4) is 0 Å². The molecule has 22 heavy (non-hydrogen) atoms. The van der Waals surface area contributed by atoms with Gasteiger partial charge in [0.1, 0.15) is 17.1 Å². The number of carbonyl (C=O) groups is 2. The van der Waals surface area contributed by atoms with Crippen molar-refractivity contribution >= 4 is 11.9 Å². The Morgan fingerprint density at radius 3 is 2.73 bits per heavy atom. The summed E-state index contributed by atoms with van der Waals surface area (Å²) >= 11 is 0. The third-order valence-corrected chi connectivity index (χ3v) is 3.06. The van der Waals surface area contributed by atoms with Crippen LogP contribution in [0.25, 0.3) is 0 Å². The molecule has 1 heterocycles. The van der Waals surface area contributed by atoms with Crippen molar-refractivity contribution in [3.05, 3.63) is 23.2 Å². The molecule has 0 aromatic carbocycles. The number of ether oxygens (including phenoxy) is 2. The molecule has 0 atom stereocenters. The largest absolute Gasteiger partial charge is 0.465 e. The zero-order valence-corrected chi connectivity index (χ0v) is 13.6. The molecule has 7 heteroatoms. The van der Waals surface area contributed by atoms with E-state index in [1.54, 1.807) is 20.1 Å². The van der Waals surface area contributed by atoms with Crippen LogP contribution >= 0.6 is 0 Å². The molecule has 1 aromatic heterocycles. The third kappa shape index (κ3) is 5.87. The van der Waals surface area contributed by atoms with E-state index in [2.05, 4.69) is 10.1 Å². The van der Waals surface area contributed by atoms with E-state index in [0.717, 1.165) is 6.42 Å². The number of aryl methyl sites for hydroxylation is 1. The molecule has 0 saturated carbocycles. The van der Waals surface area contributed by atoms with Crippen LogP contribution < -0.4 is 5.32 Å². The van der Waals surface area contributed by atoms with Crippen molar-refractivity contribution < 1.29 is 23.5 Å². The summed E-state index contributed by atoms with van der Waals surface area (Å²) in [5.74, 6) is 0.646. The predicted octanol–water partition coefficient (Wildman–Crippen LogP) is 0.959. The Bertz CT molecular complexity index is 498. The molecule has 1 amide bonds. The first-order chi connectivity index (χ1) is 10.5. The maximum absolute atomic E-state index is 11.7. The van der Waals surface area contributed by atoms with Crippen molar-refractivity contribution in [2.24, 2.45) is 0 Å². The summed E-state index contributed by atoms with van der Waals surface area (Å²) in [6.07, 6.45) is 0.784. The number of nitrogens with one attached hydrogen (secondary N) is 1. The Labute approximate surface area is 130 Å². The summed E-state index contributed by atoms with van der Waals surface area (Å²) < 4.78 is 15.1. The molecule has 1 N–H and O–H groups in total. The first-order valence-electron chi connectivity index (χ1n) is 7.09. The number of rotatable bonds is 9. The second kappa shape index (κ2) is 9.22. The van der Waals surface area contributed by atoms with Gasteiger partial charge in [0.25, 0.3) is 0 Å². The number of amides is 1. The normalized spacial score (nSPS) is 10.8. The van der Waals surface area contributed by atoms with Crippen molar-refractivity contribution in [2.75, 3.05) is 41.0 Å². The number of esters is 1. The first kappa shape index (κ1) is 18.2. The maximum atomic E-state index is 11.7. The van der Waals surface area contributed by atoms with Gasteiger partial charge >= 0.3 is 5.97 Å². The molecule has 0 fully saturated rings. The van der Waals surface area contributed by atoms with E-state index in [-0.39, 0.29) is 12.5 Å². The number of hydrogen-bond acceptors (Lipinski definition) is 6. The van der Waals surface area contributed by atoms with Gasteiger partial charge < -0.3 is 19.2 Å². The van der Waals surface area contributed by atoms with E-state index >= 15 is 0 Å². The summed E-state index contributed by atoms with van der Waals surface area (Å²) in [6, 6.07) is 1.65. The smallest absolute Gasteiger partial charge is 0.341 e. The molecule has 124 valence electrons. The molecule has 0 unspecified atom stereocenters. The number of furan rings is 1. The average molecular weight is 312 g/mol. The predicted molar refractivity (Wildman–Crippen MR) is 80.6 cm³/mol. The summed E-state index contributed by atoms with van der Waals surface area (Å²) in [5, 5.41) is 2.81. The lowest BCUT2D eigenvalue weighted by Crippen LogP contribution is -2.35. The van der Waals surface area contributed by atoms with E-state index in [1.807, 2.05) is 11.9 Å². The summed E-state index contributed by atoms with van der Waals surface area (Å²) in [4.78, 5) is 25.1. The van der Waals surface area contributed by atoms with Gasteiger partial charge in [-0.15, -0.1) is 0 Å². The van der Waals surface area contributed by atoms with Gasteiger partial charge in [0.15, 0.2) is 0 Å². The first-order valence-corrected chi connectivity index (χ1v) is 7.09.